The topological polar surface area (TPSA) is 52.8 Å². The molecule has 0 amide bonds. The van der Waals surface area contributed by atoms with Gasteiger partial charge < -0.3 is 4.90 Å². The van der Waals surface area contributed by atoms with Gasteiger partial charge in [0.15, 0.2) is 0 Å². The number of rotatable bonds is 2. The van der Waals surface area contributed by atoms with Gasteiger partial charge in [-0.15, -0.1) is 0 Å². The van der Waals surface area contributed by atoms with Crippen LogP contribution in [0, 0.1) is 18.3 Å². The Balaban J connectivity index is 2.37. The van der Waals surface area contributed by atoms with E-state index in [9.17, 15) is 0 Å². The minimum Gasteiger partial charge on any atom is -0.329 e. The monoisotopic (exact) mass is 224 g/mol. The molecule has 0 aliphatic rings. The Morgan fingerprint density at radius 3 is 2.76 bits per heavy atom. The van der Waals surface area contributed by atoms with E-state index < -0.39 is 0 Å². The van der Waals surface area contributed by atoms with Gasteiger partial charge in [-0.1, -0.05) is 12.1 Å². The molecule has 0 bridgehead atoms. The van der Waals surface area contributed by atoms with Crippen LogP contribution >= 0.6 is 0 Å². The van der Waals surface area contributed by atoms with Gasteiger partial charge in [-0.3, -0.25) is 0 Å². The molecule has 0 aliphatic carbocycles. The number of hydrogen-bond donors (Lipinski definition) is 0. The summed E-state index contributed by atoms with van der Waals surface area (Å²) in [5.41, 5.74) is 2.59. The molecule has 0 atom stereocenters. The fourth-order valence-electron chi connectivity index (χ4n) is 1.56. The van der Waals surface area contributed by atoms with Crippen LogP contribution in [0.1, 0.15) is 11.3 Å². The van der Waals surface area contributed by atoms with Crippen molar-refractivity contribution in [3.8, 4) is 6.07 Å². The quantitative estimate of drug-likeness (QED) is 0.786. The summed E-state index contributed by atoms with van der Waals surface area (Å²) < 4.78 is 0. The van der Waals surface area contributed by atoms with Crippen LogP contribution in [-0.4, -0.2) is 17.0 Å². The summed E-state index contributed by atoms with van der Waals surface area (Å²) in [6.45, 7) is 2.04. The largest absolute Gasteiger partial charge is 0.329 e. The molecule has 0 radical (unpaired) electrons. The second-order valence-corrected chi connectivity index (χ2v) is 3.77. The van der Waals surface area contributed by atoms with Crippen LogP contribution in [0.5, 0.6) is 0 Å². The van der Waals surface area contributed by atoms with Gasteiger partial charge in [-0.05, 0) is 24.6 Å². The van der Waals surface area contributed by atoms with E-state index in [-0.39, 0.29) is 0 Å². The minimum absolute atomic E-state index is 0.370. The maximum absolute atomic E-state index is 8.80. The SMILES string of the molecule is Cc1cccc(N(C)c2cc(C#N)ncn2)c1. The highest BCUT2D eigenvalue weighted by Gasteiger charge is 2.06. The zero-order valence-corrected chi connectivity index (χ0v) is 9.75. The normalized spacial score (nSPS) is 9.71. The smallest absolute Gasteiger partial charge is 0.145 e. The van der Waals surface area contributed by atoms with E-state index >= 15 is 0 Å². The number of benzene rings is 1. The summed E-state index contributed by atoms with van der Waals surface area (Å²) in [6, 6.07) is 11.8. The Bertz CT molecular complexity index is 572. The summed E-state index contributed by atoms with van der Waals surface area (Å²) in [7, 11) is 1.91. The molecule has 2 rings (SSSR count). The second-order valence-electron chi connectivity index (χ2n) is 3.77. The fourth-order valence-corrected chi connectivity index (χ4v) is 1.56. The molecule has 1 aromatic heterocycles. The molecule has 4 nitrogen and oxygen atoms in total. The van der Waals surface area contributed by atoms with Gasteiger partial charge in [0, 0.05) is 18.8 Å². The Hall–Kier alpha value is -2.41. The fraction of sp³-hybridized carbons (Fsp3) is 0.154. The molecule has 4 heteroatoms. The van der Waals surface area contributed by atoms with Gasteiger partial charge in [0.25, 0.3) is 0 Å². The highest BCUT2D eigenvalue weighted by molar-refractivity contribution is 5.60. The highest BCUT2D eigenvalue weighted by Crippen LogP contribution is 2.22. The van der Waals surface area contributed by atoms with E-state index in [1.807, 2.05) is 43.1 Å². The third kappa shape index (κ3) is 2.40. The predicted octanol–water partition coefficient (Wildman–Crippen LogP) is 2.42. The van der Waals surface area contributed by atoms with Crippen LogP contribution in [-0.2, 0) is 0 Å². The molecule has 84 valence electrons. The lowest BCUT2D eigenvalue weighted by Crippen LogP contribution is -2.11. The van der Waals surface area contributed by atoms with E-state index in [1.54, 1.807) is 6.07 Å². The van der Waals surface area contributed by atoms with E-state index in [2.05, 4.69) is 16.0 Å². The average molecular weight is 224 g/mol. The molecular weight excluding hydrogens is 212 g/mol. The molecule has 0 saturated heterocycles. The lowest BCUT2D eigenvalue weighted by Gasteiger charge is -2.18. The van der Waals surface area contributed by atoms with Gasteiger partial charge >= 0.3 is 0 Å². The standard InChI is InChI=1S/C13H12N4/c1-10-4-3-5-12(6-10)17(2)13-7-11(8-14)15-9-16-13/h3-7,9H,1-2H3. The Kier molecular flexibility index (Phi) is 3.01. The zero-order valence-electron chi connectivity index (χ0n) is 9.75. The average Bonchev–Trinajstić information content (AvgIpc) is 2.38. The van der Waals surface area contributed by atoms with Crippen LogP contribution in [0.25, 0.3) is 0 Å². The Morgan fingerprint density at radius 2 is 2.06 bits per heavy atom. The van der Waals surface area contributed by atoms with Crippen LogP contribution < -0.4 is 4.90 Å². The second kappa shape index (κ2) is 4.62. The Morgan fingerprint density at radius 1 is 1.24 bits per heavy atom. The summed E-state index contributed by atoms with van der Waals surface area (Å²) in [5, 5.41) is 8.80. The number of nitriles is 1. The molecule has 1 heterocycles. The first-order valence-corrected chi connectivity index (χ1v) is 5.23. The van der Waals surface area contributed by atoms with Crippen molar-refractivity contribution in [3.63, 3.8) is 0 Å². The van der Waals surface area contributed by atoms with Gasteiger partial charge in [0.05, 0.1) is 0 Å². The van der Waals surface area contributed by atoms with Gasteiger partial charge in [-0.25, -0.2) is 9.97 Å². The van der Waals surface area contributed by atoms with Crippen molar-refractivity contribution in [3.05, 3.63) is 47.9 Å². The van der Waals surface area contributed by atoms with Crippen molar-refractivity contribution in [1.29, 1.82) is 5.26 Å². The third-order valence-electron chi connectivity index (χ3n) is 2.50. The zero-order chi connectivity index (χ0) is 12.3. The van der Waals surface area contributed by atoms with Crippen molar-refractivity contribution in [1.82, 2.24) is 9.97 Å². The minimum atomic E-state index is 0.370. The van der Waals surface area contributed by atoms with E-state index in [1.165, 1.54) is 11.9 Å². The van der Waals surface area contributed by atoms with Gasteiger partial charge in [-0.2, -0.15) is 5.26 Å². The van der Waals surface area contributed by atoms with E-state index in [0.29, 0.717) is 11.5 Å². The van der Waals surface area contributed by atoms with Gasteiger partial charge in [0.1, 0.15) is 23.9 Å². The number of nitrogens with zero attached hydrogens (tertiary/aromatic N) is 4. The number of anilines is 2. The molecule has 0 saturated carbocycles. The van der Waals surface area contributed by atoms with Crippen LogP contribution in [0.3, 0.4) is 0 Å². The first-order chi connectivity index (χ1) is 8.20. The number of aryl methyl sites for hydroxylation is 1. The molecule has 0 unspecified atom stereocenters. The molecule has 0 aliphatic heterocycles. The first-order valence-electron chi connectivity index (χ1n) is 5.23. The lowest BCUT2D eigenvalue weighted by molar-refractivity contribution is 1.06. The van der Waals surface area contributed by atoms with Crippen molar-refractivity contribution >= 4 is 11.5 Å². The maximum Gasteiger partial charge on any atom is 0.145 e. The first kappa shape index (κ1) is 11.1. The third-order valence-corrected chi connectivity index (χ3v) is 2.50. The molecule has 2 aromatic rings. The lowest BCUT2D eigenvalue weighted by atomic mass is 10.2. The van der Waals surface area contributed by atoms with Crippen molar-refractivity contribution < 1.29 is 0 Å². The molecular formula is C13H12N4. The van der Waals surface area contributed by atoms with Crippen molar-refractivity contribution in [2.24, 2.45) is 0 Å². The van der Waals surface area contributed by atoms with Gasteiger partial charge in [0.2, 0.25) is 0 Å². The predicted molar refractivity (Wildman–Crippen MR) is 66.0 cm³/mol. The number of aromatic nitrogens is 2. The molecule has 0 spiro atoms. The summed E-state index contributed by atoms with van der Waals surface area (Å²) >= 11 is 0. The summed E-state index contributed by atoms with van der Waals surface area (Å²) in [4.78, 5) is 9.94. The molecule has 1 aromatic carbocycles. The van der Waals surface area contributed by atoms with Crippen molar-refractivity contribution in [2.45, 2.75) is 6.92 Å². The molecule has 0 fully saturated rings. The van der Waals surface area contributed by atoms with Crippen LogP contribution in [0.4, 0.5) is 11.5 Å². The van der Waals surface area contributed by atoms with Crippen molar-refractivity contribution in [2.75, 3.05) is 11.9 Å². The van der Waals surface area contributed by atoms with E-state index in [0.717, 1.165) is 5.69 Å². The van der Waals surface area contributed by atoms with Crippen LogP contribution in [0.2, 0.25) is 0 Å². The van der Waals surface area contributed by atoms with E-state index in [4.69, 9.17) is 5.26 Å². The maximum atomic E-state index is 8.80. The number of hydrogen-bond acceptors (Lipinski definition) is 4. The molecule has 0 N–H and O–H groups in total. The van der Waals surface area contributed by atoms with Crippen LogP contribution in [0.15, 0.2) is 36.7 Å². The summed E-state index contributed by atoms with van der Waals surface area (Å²) in [6.07, 6.45) is 1.40. The Labute approximate surface area is 100 Å². The highest BCUT2D eigenvalue weighted by atomic mass is 15.2. The molecule has 17 heavy (non-hydrogen) atoms. The summed E-state index contributed by atoms with van der Waals surface area (Å²) in [5.74, 6) is 0.710.